The number of anilines is 1. The Morgan fingerprint density at radius 3 is 2.59 bits per heavy atom. The number of para-hydroxylation sites is 1. The number of piperidine rings is 1. The number of fused-ring (bicyclic) bond motifs is 1. The van der Waals surface area contributed by atoms with E-state index in [1.807, 2.05) is 19.1 Å². The number of nitrogens with one attached hydrogen (secondary N) is 2. The van der Waals surface area contributed by atoms with Crippen LogP contribution in [0.25, 0.3) is 10.9 Å². The molecule has 0 radical (unpaired) electrons. The van der Waals surface area contributed by atoms with Crippen LogP contribution >= 0.6 is 0 Å². The number of primary amides is 1. The molecule has 0 aliphatic carbocycles. The quantitative estimate of drug-likeness (QED) is 0.630. The average Bonchev–Trinajstić information content (AvgIpc) is 2.75. The SMILES string of the molecule is CCc1nc(NC2CCCNC2)c2cccc(C(N)=O)c2n1.Fc1ccccc1. The standard InChI is InChI=1S/C16H21N5O.C6H5F/c1-2-13-20-14-11(15(17)22)6-3-7-12(14)16(21-13)19-10-5-4-8-18-9-10;7-6-4-2-1-3-5-6/h3,6-7,10,18H,2,4-5,8-9H2,1H3,(H2,17,22)(H,19,20,21);1-5H. The molecule has 0 bridgehead atoms. The highest BCUT2D eigenvalue weighted by Gasteiger charge is 2.17. The van der Waals surface area contributed by atoms with Gasteiger partial charge in [0.05, 0.1) is 11.1 Å². The van der Waals surface area contributed by atoms with Crippen LogP contribution in [-0.4, -0.2) is 35.0 Å². The number of aryl methyl sites for hydroxylation is 1. The highest BCUT2D eigenvalue weighted by molar-refractivity contribution is 6.07. The molecule has 152 valence electrons. The summed E-state index contributed by atoms with van der Waals surface area (Å²) in [5, 5.41) is 7.73. The molecule has 1 atom stereocenters. The van der Waals surface area contributed by atoms with Gasteiger partial charge in [-0.05, 0) is 43.7 Å². The first-order valence-corrected chi connectivity index (χ1v) is 9.85. The minimum absolute atomic E-state index is 0.178. The van der Waals surface area contributed by atoms with Crippen LogP contribution in [0.1, 0.15) is 35.9 Å². The highest BCUT2D eigenvalue weighted by atomic mass is 19.1. The molecule has 1 unspecified atom stereocenters. The van der Waals surface area contributed by atoms with E-state index in [1.165, 1.54) is 12.1 Å². The Bertz CT molecular complexity index is 958. The zero-order chi connectivity index (χ0) is 20.6. The zero-order valence-electron chi connectivity index (χ0n) is 16.5. The van der Waals surface area contributed by atoms with Crippen molar-refractivity contribution in [2.75, 3.05) is 18.4 Å². The van der Waals surface area contributed by atoms with E-state index >= 15 is 0 Å². The Hall–Kier alpha value is -3.06. The Labute approximate surface area is 169 Å². The van der Waals surface area contributed by atoms with Gasteiger partial charge in [-0.2, -0.15) is 0 Å². The summed E-state index contributed by atoms with van der Waals surface area (Å²) >= 11 is 0. The summed E-state index contributed by atoms with van der Waals surface area (Å²) < 4.78 is 11.9. The smallest absolute Gasteiger partial charge is 0.250 e. The number of nitrogens with two attached hydrogens (primary N) is 1. The fraction of sp³-hybridized carbons (Fsp3) is 0.318. The lowest BCUT2D eigenvalue weighted by Gasteiger charge is -2.25. The number of nitrogens with zero attached hydrogens (tertiary/aromatic N) is 2. The van der Waals surface area contributed by atoms with Crippen LogP contribution in [0.3, 0.4) is 0 Å². The van der Waals surface area contributed by atoms with Crippen LogP contribution < -0.4 is 16.4 Å². The summed E-state index contributed by atoms with van der Waals surface area (Å²) in [5.74, 6) is 0.866. The Balaban J connectivity index is 0.000000290. The first-order chi connectivity index (χ1) is 14.1. The van der Waals surface area contributed by atoms with Crippen LogP contribution in [0.15, 0.2) is 48.5 Å². The predicted molar refractivity (Wildman–Crippen MR) is 113 cm³/mol. The molecule has 0 saturated carbocycles. The van der Waals surface area contributed by atoms with Crippen molar-refractivity contribution >= 4 is 22.6 Å². The molecular weight excluding hydrogens is 369 g/mol. The van der Waals surface area contributed by atoms with Gasteiger partial charge in [0.25, 0.3) is 5.91 Å². The number of hydrogen-bond acceptors (Lipinski definition) is 5. The third-order valence-corrected chi connectivity index (χ3v) is 4.73. The van der Waals surface area contributed by atoms with E-state index < -0.39 is 5.91 Å². The molecule has 1 aliphatic rings. The summed E-state index contributed by atoms with van der Waals surface area (Å²) in [6.45, 7) is 3.98. The Morgan fingerprint density at radius 2 is 2.00 bits per heavy atom. The molecule has 4 N–H and O–H groups in total. The van der Waals surface area contributed by atoms with Gasteiger partial charge in [0, 0.05) is 24.4 Å². The topological polar surface area (TPSA) is 92.9 Å². The van der Waals surface area contributed by atoms with Crippen LogP contribution in [0, 0.1) is 5.82 Å². The number of carbonyl (C=O) groups is 1. The second-order valence-corrected chi connectivity index (χ2v) is 6.89. The number of hydrogen-bond donors (Lipinski definition) is 3. The predicted octanol–water partition coefficient (Wildman–Crippen LogP) is 3.28. The van der Waals surface area contributed by atoms with Gasteiger partial charge in [-0.25, -0.2) is 14.4 Å². The lowest BCUT2D eigenvalue weighted by Crippen LogP contribution is -2.38. The molecule has 1 fully saturated rings. The first-order valence-electron chi connectivity index (χ1n) is 9.85. The Morgan fingerprint density at radius 1 is 1.21 bits per heavy atom. The lowest BCUT2D eigenvalue weighted by atomic mass is 10.1. The van der Waals surface area contributed by atoms with E-state index in [0.29, 0.717) is 29.4 Å². The lowest BCUT2D eigenvalue weighted by molar-refractivity contribution is 0.100. The minimum atomic E-state index is -0.461. The number of amides is 1. The largest absolute Gasteiger partial charge is 0.366 e. The average molecular weight is 395 g/mol. The molecule has 4 rings (SSSR count). The van der Waals surface area contributed by atoms with Crippen molar-refractivity contribution in [2.24, 2.45) is 5.73 Å². The van der Waals surface area contributed by atoms with E-state index in [4.69, 9.17) is 5.73 Å². The molecular formula is C22H26FN5O. The van der Waals surface area contributed by atoms with Crippen molar-refractivity contribution in [3.8, 4) is 0 Å². The molecule has 29 heavy (non-hydrogen) atoms. The van der Waals surface area contributed by atoms with Gasteiger partial charge in [-0.15, -0.1) is 0 Å². The fourth-order valence-corrected chi connectivity index (χ4v) is 3.25. The van der Waals surface area contributed by atoms with Crippen LogP contribution in [0.2, 0.25) is 0 Å². The van der Waals surface area contributed by atoms with Gasteiger partial charge in [0.1, 0.15) is 17.5 Å². The third-order valence-electron chi connectivity index (χ3n) is 4.73. The highest BCUT2D eigenvalue weighted by Crippen LogP contribution is 2.25. The number of halogens is 1. The van der Waals surface area contributed by atoms with Crippen molar-refractivity contribution in [1.29, 1.82) is 0 Å². The molecule has 3 aromatic rings. The van der Waals surface area contributed by atoms with Crippen LogP contribution in [0.5, 0.6) is 0 Å². The molecule has 7 heteroatoms. The Kier molecular flexibility index (Phi) is 7.08. The number of rotatable bonds is 4. The van der Waals surface area contributed by atoms with E-state index in [9.17, 15) is 9.18 Å². The van der Waals surface area contributed by atoms with E-state index in [-0.39, 0.29) is 5.82 Å². The molecule has 6 nitrogen and oxygen atoms in total. The third kappa shape index (κ3) is 5.48. The first kappa shape index (κ1) is 20.7. The number of benzene rings is 2. The summed E-state index contributed by atoms with van der Waals surface area (Å²) in [4.78, 5) is 20.8. The maximum atomic E-state index is 11.9. The van der Waals surface area contributed by atoms with Gasteiger partial charge in [0.2, 0.25) is 0 Å². The van der Waals surface area contributed by atoms with E-state index in [1.54, 1.807) is 24.3 Å². The molecule has 1 saturated heterocycles. The molecule has 1 aromatic heterocycles. The van der Waals surface area contributed by atoms with Crippen molar-refractivity contribution in [3.63, 3.8) is 0 Å². The van der Waals surface area contributed by atoms with Gasteiger partial charge in [-0.1, -0.05) is 31.2 Å². The second kappa shape index (κ2) is 9.93. The maximum Gasteiger partial charge on any atom is 0.250 e. The van der Waals surface area contributed by atoms with E-state index in [2.05, 4.69) is 20.6 Å². The normalized spacial score (nSPS) is 16.0. The van der Waals surface area contributed by atoms with Crippen LogP contribution in [-0.2, 0) is 6.42 Å². The molecule has 2 heterocycles. The van der Waals surface area contributed by atoms with Gasteiger partial charge >= 0.3 is 0 Å². The molecule has 1 amide bonds. The monoisotopic (exact) mass is 395 g/mol. The van der Waals surface area contributed by atoms with Gasteiger partial charge in [0.15, 0.2) is 0 Å². The summed E-state index contributed by atoms with van der Waals surface area (Å²) in [6, 6.07) is 13.7. The van der Waals surface area contributed by atoms with Crippen molar-refractivity contribution in [2.45, 2.75) is 32.2 Å². The molecule has 1 aliphatic heterocycles. The maximum absolute atomic E-state index is 11.9. The molecule has 2 aromatic carbocycles. The summed E-state index contributed by atoms with van der Waals surface area (Å²) in [7, 11) is 0. The van der Waals surface area contributed by atoms with Gasteiger partial charge in [-0.3, -0.25) is 4.79 Å². The summed E-state index contributed by atoms with van der Waals surface area (Å²) in [5.41, 5.74) is 6.55. The second-order valence-electron chi connectivity index (χ2n) is 6.89. The molecule has 0 spiro atoms. The van der Waals surface area contributed by atoms with Crippen molar-refractivity contribution in [3.05, 3.63) is 65.7 Å². The van der Waals surface area contributed by atoms with Crippen molar-refractivity contribution < 1.29 is 9.18 Å². The number of aromatic nitrogens is 2. The van der Waals surface area contributed by atoms with E-state index in [0.717, 1.165) is 37.1 Å². The fourth-order valence-electron chi connectivity index (χ4n) is 3.25. The van der Waals surface area contributed by atoms with Crippen LogP contribution in [0.4, 0.5) is 10.2 Å². The summed E-state index contributed by atoms with van der Waals surface area (Å²) in [6.07, 6.45) is 2.96. The van der Waals surface area contributed by atoms with Crippen molar-refractivity contribution in [1.82, 2.24) is 15.3 Å². The zero-order valence-corrected chi connectivity index (χ0v) is 16.5. The van der Waals surface area contributed by atoms with Gasteiger partial charge < -0.3 is 16.4 Å². The minimum Gasteiger partial charge on any atom is -0.366 e. The number of carbonyl (C=O) groups excluding carboxylic acids is 1.